The van der Waals surface area contributed by atoms with Crippen LogP contribution < -0.4 is 10.6 Å². The third-order valence-corrected chi connectivity index (χ3v) is 4.98. The number of aromatic amines is 1. The predicted octanol–water partition coefficient (Wildman–Crippen LogP) is 0.693. The van der Waals surface area contributed by atoms with Crippen LogP contribution in [0.4, 0.5) is 0 Å². The number of aromatic nitrogens is 2. The zero-order chi connectivity index (χ0) is 16.9. The largest absolute Gasteiger partial charge is 0.354 e. The molecular formula is C17H27N5O2. The van der Waals surface area contributed by atoms with E-state index in [9.17, 15) is 9.59 Å². The molecule has 3 rings (SSSR count). The molecule has 0 spiro atoms. The van der Waals surface area contributed by atoms with E-state index in [2.05, 4.69) is 20.8 Å². The number of amides is 2. The van der Waals surface area contributed by atoms with Gasteiger partial charge in [0, 0.05) is 25.3 Å². The summed E-state index contributed by atoms with van der Waals surface area (Å²) in [5.74, 6) is 0.396. The highest BCUT2D eigenvalue weighted by Crippen LogP contribution is 2.18. The average molecular weight is 333 g/mol. The van der Waals surface area contributed by atoms with Crippen LogP contribution >= 0.6 is 0 Å². The van der Waals surface area contributed by atoms with E-state index >= 15 is 0 Å². The van der Waals surface area contributed by atoms with Gasteiger partial charge in [0.2, 0.25) is 5.91 Å². The summed E-state index contributed by atoms with van der Waals surface area (Å²) in [4.78, 5) is 26.5. The maximum Gasteiger partial charge on any atom is 0.274 e. The molecule has 1 aromatic heterocycles. The van der Waals surface area contributed by atoms with E-state index < -0.39 is 0 Å². The van der Waals surface area contributed by atoms with Crippen molar-refractivity contribution in [3.63, 3.8) is 0 Å². The van der Waals surface area contributed by atoms with E-state index in [1.54, 1.807) is 0 Å². The molecule has 1 aromatic rings. The minimum Gasteiger partial charge on any atom is -0.354 e. The van der Waals surface area contributed by atoms with Gasteiger partial charge in [0.1, 0.15) is 5.69 Å². The lowest BCUT2D eigenvalue weighted by atomic mass is 9.97. The number of aryl methyl sites for hydroxylation is 1. The second-order valence-electron chi connectivity index (χ2n) is 6.79. The maximum atomic E-state index is 12.6. The highest BCUT2D eigenvalue weighted by Gasteiger charge is 2.27. The van der Waals surface area contributed by atoms with Crippen molar-refractivity contribution in [2.75, 3.05) is 26.2 Å². The van der Waals surface area contributed by atoms with Crippen LogP contribution in [0.2, 0.25) is 0 Å². The van der Waals surface area contributed by atoms with E-state index in [1.807, 2.05) is 17.9 Å². The van der Waals surface area contributed by atoms with Crippen LogP contribution in [0.25, 0.3) is 0 Å². The summed E-state index contributed by atoms with van der Waals surface area (Å²) in [5, 5.41) is 13.3. The van der Waals surface area contributed by atoms with Crippen molar-refractivity contribution in [3.05, 3.63) is 17.5 Å². The molecule has 7 heteroatoms. The molecule has 2 amide bonds. The van der Waals surface area contributed by atoms with E-state index in [-0.39, 0.29) is 17.9 Å². The number of carbonyl (C=O) groups is 2. The summed E-state index contributed by atoms with van der Waals surface area (Å²) in [5.41, 5.74) is 1.47. The molecule has 0 aromatic carbocycles. The minimum atomic E-state index is -0.0390. The fraction of sp³-hybridized carbons (Fsp3) is 0.706. The Kier molecular flexibility index (Phi) is 5.50. The molecule has 7 nitrogen and oxygen atoms in total. The third kappa shape index (κ3) is 3.95. The highest BCUT2D eigenvalue weighted by atomic mass is 16.2. The molecule has 132 valence electrons. The lowest BCUT2D eigenvalue weighted by Gasteiger charge is -2.32. The van der Waals surface area contributed by atoms with Gasteiger partial charge in [-0.3, -0.25) is 14.7 Å². The molecule has 2 aliphatic heterocycles. The molecule has 2 aliphatic rings. The van der Waals surface area contributed by atoms with Crippen LogP contribution in [0.3, 0.4) is 0 Å². The number of piperidine rings is 1. The first-order valence-electron chi connectivity index (χ1n) is 9.02. The first kappa shape index (κ1) is 17.0. The van der Waals surface area contributed by atoms with Crippen LogP contribution in [0.1, 0.15) is 48.8 Å². The normalized spacial score (nSPS) is 24.1. The minimum absolute atomic E-state index is 0.0144. The fourth-order valence-corrected chi connectivity index (χ4v) is 3.51. The number of nitrogens with zero attached hydrogens (tertiary/aromatic N) is 2. The Bertz CT molecular complexity index is 579. The van der Waals surface area contributed by atoms with Gasteiger partial charge < -0.3 is 15.5 Å². The molecule has 0 bridgehead atoms. The van der Waals surface area contributed by atoms with Crippen LogP contribution in [0, 0.1) is 5.92 Å². The van der Waals surface area contributed by atoms with Crippen molar-refractivity contribution >= 4 is 11.8 Å². The number of rotatable bonds is 5. The van der Waals surface area contributed by atoms with Gasteiger partial charge in [-0.05, 0) is 50.6 Å². The highest BCUT2D eigenvalue weighted by molar-refractivity contribution is 5.92. The van der Waals surface area contributed by atoms with Crippen LogP contribution in [-0.2, 0) is 11.2 Å². The lowest BCUT2D eigenvalue weighted by molar-refractivity contribution is -0.123. The number of hydrogen-bond donors (Lipinski definition) is 3. The third-order valence-electron chi connectivity index (χ3n) is 4.98. The molecule has 24 heavy (non-hydrogen) atoms. The summed E-state index contributed by atoms with van der Waals surface area (Å²) in [6.45, 7) is 5.04. The molecular weight excluding hydrogens is 306 g/mol. The number of likely N-dealkylation sites (tertiary alicyclic amines) is 1. The summed E-state index contributed by atoms with van der Waals surface area (Å²) in [7, 11) is 0. The SMILES string of the molecule is CCc1cc(C(=O)N2CCCC(CNC(=O)C3CCCN3)C2)n[nH]1. The Labute approximate surface area is 142 Å². The topological polar surface area (TPSA) is 90.1 Å². The second-order valence-corrected chi connectivity index (χ2v) is 6.79. The van der Waals surface area contributed by atoms with Gasteiger partial charge in [-0.25, -0.2) is 0 Å². The molecule has 0 radical (unpaired) electrons. The zero-order valence-electron chi connectivity index (χ0n) is 14.3. The number of carbonyl (C=O) groups excluding carboxylic acids is 2. The number of H-pyrrole nitrogens is 1. The van der Waals surface area contributed by atoms with E-state index in [1.165, 1.54) is 0 Å². The molecule has 3 N–H and O–H groups in total. The van der Waals surface area contributed by atoms with Crippen molar-refractivity contribution in [1.82, 2.24) is 25.7 Å². The van der Waals surface area contributed by atoms with E-state index in [0.717, 1.165) is 50.9 Å². The van der Waals surface area contributed by atoms with Gasteiger partial charge >= 0.3 is 0 Å². The summed E-state index contributed by atoms with van der Waals surface area (Å²) >= 11 is 0. The Morgan fingerprint density at radius 3 is 2.96 bits per heavy atom. The monoisotopic (exact) mass is 333 g/mol. The van der Waals surface area contributed by atoms with Gasteiger partial charge in [-0.15, -0.1) is 0 Å². The second kappa shape index (κ2) is 7.79. The maximum absolute atomic E-state index is 12.6. The summed E-state index contributed by atoms with van der Waals surface area (Å²) < 4.78 is 0. The first-order valence-corrected chi connectivity index (χ1v) is 9.02. The Hall–Kier alpha value is -1.89. The van der Waals surface area contributed by atoms with Crippen molar-refractivity contribution in [1.29, 1.82) is 0 Å². The first-order chi connectivity index (χ1) is 11.7. The number of nitrogens with one attached hydrogen (secondary N) is 3. The standard InChI is InChI=1S/C17H27N5O2/c1-2-13-9-15(21-20-13)17(24)22-8-4-5-12(11-22)10-19-16(23)14-6-3-7-18-14/h9,12,14,18H,2-8,10-11H2,1H3,(H,19,23)(H,20,21). The smallest absolute Gasteiger partial charge is 0.274 e. The summed E-state index contributed by atoms with van der Waals surface area (Å²) in [6, 6.07) is 1.79. The zero-order valence-corrected chi connectivity index (χ0v) is 14.3. The van der Waals surface area contributed by atoms with Crippen LogP contribution in [0.5, 0.6) is 0 Å². The lowest BCUT2D eigenvalue weighted by Crippen LogP contribution is -2.46. The molecule has 3 heterocycles. The van der Waals surface area contributed by atoms with Gasteiger partial charge in [0.25, 0.3) is 5.91 Å². The Balaban J connectivity index is 1.50. The summed E-state index contributed by atoms with van der Waals surface area (Å²) in [6.07, 6.45) is 4.83. The molecule has 2 saturated heterocycles. The molecule has 2 fully saturated rings. The van der Waals surface area contributed by atoms with Gasteiger partial charge in [0.15, 0.2) is 0 Å². The Morgan fingerprint density at radius 2 is 2.25 bits per heavy atom. The van der Waals surface area contributed by atoms with Crippen LogP contribution in [-0.4, -0.2) is 59.1 Å². The van der Waals surface area contributed by atoms with Crippen molar-refractivity contribution in [2.24, 2.45) is 5.92 Å². The number of hydrogen-bond acceptors (Lipinski definition) is 4. The molecule has 2 unspecified atom stereocenters. The average Bonchev–Trinajstić information content (AvgIpc) is 3.30. The van der Waals surface area contributed by atoms with E-state index in [4.69, 9.17) is 0 Å². The molecule has 0 saturated carbocycles. The van der Waals surface area contributed by atoms with Crippen molar-refractivity contribution in [3.8, 4) is 0 Å². The Morgan fingerprint density at radius 1 is 1.38 bits per heavy atom. The predicted molar refractivity (Wildman–Crippen MR) is 90.6 cm³/mol. The van der Waals surface area contributed by atoms with E-state index in [0.29, 0.717) is 24.7 Å². The molecule has 2 atom stereocenters. The fourth-order valence-electron chi connectivity index (χ4n) is 3.51. The van der Waals surface area contributed by atoms with Crippen molar-refractivity contribution < 1.29 is 9.59 Å². The van der Waals surface area contributed by atoms with Gasteiger partial charge in [0.05, 0.1) is 6.04 Å². The van der Waals surface area contributed by atoms with Gasteiger partial charge in [-0.2, -0.15) is 5.10 Å². The van der Waals surface area contributed by atoms with Gasteiger partial charge in [-0.1, -0.05) is 6.92 Å². The molecule has 0 aliphatic carbocycles. The van der Waals surface area contributed by atoms with Crippen LogP contribution in [0.15, 0.2) is 6.07 Å². The van der Waals surface area contributed by atoms with Crippen molar-refractivity contribution in [2.45, 2.75) is 45.1 Å². The quantitative estimate of drug-likeness (QED) is 0.740.